The van der Waals surface area contributed by atoms with Crippen LogP contribution < -0.4 is 0 Å². The third kappa shape index (κ3) is 3.34. The normalized spacial score (nSPS) is 24.5. The van der Waals surface area contributed by atoms with Gasteiger partial charge in [0.1, 0.15) is 5.82 Å². The van der Waals surface area contributed by atoms with Crippen LogP contribution in [0.5, 0.6) is 0 Å². The van der Waals surface area contributed by atoms with E-state index in [0.29, 0.717) is 0 Å². The molecule has 0 unspecified atom stereocenters. The maximum atomic E-state index is 14.2. The Morgan fingerprint density at radius 1 is 0.909 bits per heavy atom. The first-order valence-electron chi connectivity index (χ1n) is 8.45. The van der Waals surface area contributed by atoms with Gasteiger partial charge in [-0.15, -0.1) is 0 Å². The van der Waals surface area contributed by atoms with Gasteiger partial charge in [-0.2, -0.15) is 0 Å². The molecule has 2 aliphatic rings. The smallest absolute Gasteiger partial charge is 0.126 e. The molecule has 0 aromatic heterocycles. The number of nitrogens with zero attached hydrogens (tertiary/aromatic N) is 3. The van der Waals surface area contributed by atoms with Gasteiger partial charge in [-0.3, -0.25) is 4.90 Å². The second kappa shape index (κ2) is 6.65. The summed E-state index contributed by atoms with van der Waals surface area (Å²) >= 11 is 0. The van der Waals surface area contributed by atoms with E-state index in [4.69, 9.17) is 0 Å². The van der Waals surface area contributed by atoms with Gasteiger partial charge in [0, 0.05) is 31.7 Å². The lowest BCUT2D eigenvalue weighted by atomic mass is 9.79. The summed E-state index contributed by atoms with van der Waals surface area (Å²) in [6.07, 6.45) is 3.13. The van der Waals surface area contributed by atoms with E-state index in [1.807, 2.05) is 12.1 Å². The summed E-state index contributed by atoms with van der Waals surface area (Å²) in [6.45, 7) is 6.68. The highest BCUT2D eigenvalue weighted by molar-refractivity contribution is 5.21. The SMILES string of the molecule is CN1CCN(C2(Cc3ccccc3F)CCN(C)CC2)CC1. The van der Waals surface area contributed by atoms with E-state index in [-0.39, 0.29) is 11.4 Å². The van der Waals surface area contributed by atoms with E-state index in [0.717, 1.165) is 64.1 Å². The van der Waals surface area contributed by atoms with E-state index in [2.05, 4.69) is 28.8 Å². The minimum Gasteiger partial charge on any atom is -0.306 e. The molecule has 0 radical (unpaired) electrons. The van der Waals surface area contributed by atoms with E-state index in [1.54, 1.807) is 12.1 Å². The van der Waals surface area contributed by atoms with Gasteiger partial charge in [0.25, 0.3) is 0 Å². The van der Waals surface area contributed by atoms with Gasteiger partial charge in [-0.05, 0) is 58.1 Å². The Hall–Kier alpha value is -0.970. The first-order valence-corrected chi connectivity index (χ1v) is 8.45. The van der Waals surface area contributed by atoms with Crippen LogP contribution in [-0.2, 0) is 6.42 Å². The van der Waals surface area contributed by atoms with Crippen LogP contribution in [0.3, 0.4) is 0 Å². The molecule has 22 heavy (non-hydrogen) atoms. The van der Waals surface area contributed by atoms with Crippen molar-refractivity contribution in [1.82, 2.24) is 14.7 Å². The molecule has 0 spiro atoms. The Morgan fingerprint density at radius 3 is 2.14 bits per heavy atom. The molecule has 2 aliphatic heterocycles. The molecule has 1 aromatic rings. The Morgan fingerprint density at radius 2 is 1.50 bits per heavy atom. The standard InChI is InChI=1S/C18H28FN3/c1-20-9-7-18(8-10-20,22-13-11-21(2)12-14-22)15-16-5-3-4-6-17(16)19/h3-6H,7-15H2,1-2H3. The van der Waals surface area contributed by atoms with Crippen molar-refractivity contribution in [3.05, 3.63) is 35.6 Å². The monoisotopic (exact) mass is 305 g/mol. The molecular weight excluding hydrogens is 277 g/mol. The van der Waals surface area contributed by atoms with E-state index in [9.17, 15) is 4.39 Å². The molecule has 2 saturated heterocycles. The first kappa shape index (κ1) is 15.9. The first-order chi connectivity index (χ1) is 10.6. The lowest BCUT2D eigenvalue weighted by Gasteiger charge is -2.51. The van der Waals surface area contributed by atoms with Crippen molar-refractivity contribution in [3.63, 3.8) is 0 Å². The zero-order valence-corrected chi connectivity index (χ0v) is 13.9. The Labute approximate surface area is 133 Å². The molecule has 0 bridgehead atoms. The quantitative estimate of drug-likeness (QED) is 0.846. The number of rotatable bonds is 3. The topological polar surface area (TPSA) is 9.72 Å². The summed E-state index contributed by atoms with van der Waals surface area (Å²) in [6, 6.07) is 7.31. The van der Waals surface area contributed by atoms with Crippen molar-refractivity contribution in [2.24, 2.45) is 0 Å². The van der Waals surface area contributed by atoms with Gasteiger partial charge < -0.3 is 9.80 Å². The van der Waals surface area contributed by atoms with Gasteiger partial charge in [-0.25, -0.2) is 4.39 Å². The average Bonchev–Trinajstić information content (AvgIpc) is 2.53. The Kier molecular flexibility index (Phi) is 4.81. The number of hydrogen-bond donors (Lipinski definition) is 0. The van der Waals surface area contributed by atoms with Crippen LogP contribution in [0.25, 0.3) is 0 Å². The summed E-state index contributed by atoms with van der Waals surface area (Å²) in [4.78, 5) is 7.43. The minimum absolute atomic E-state index is 0.0464. The van der Waals surface area contributed by atoms with Crippen molar-refractivity contribution in [1.29, 1.82) is 0 Å². The van der Waals surface area contributed by atoms with Crippen molar-refractivity contribution in [2.75, 3.05) is 53.4 Å². The Balaban J connectivity index is 1.82. The highest BCUT2D eigenvalue weighted by Gasteiger charge is 2.40. The molecule has 0 amide bonds. The average molecular weight is 305 g/mol. The highest BCUT2D eigenvalue weighted by atomic mass is 19.1. The molecular formula is C18H28FN3. The molecule has 2 heterocycles. The third-order valence-electron chi connectivity index (χ3n) is 5.57. The van der Waals surface area contributed by atoms with Crippen LogP contribution >= 0.6 is 0 Å². The van der Waals surface area contributed by atoms with Gasteiger partial charge in [0.15, 0.2) is 0 Å². The second-order valence-corrected chi connectivity index (χ2v) is 7.09. The van der Waals surface area contributed by atoms with Crippen LogP contribution in [0.4, 0.5) is 4.39 Å². The van der Waals surface area contributed by atoms with Crippen LogP contribution in [-0.4, -0.2) is 73.6 Å². The molecule has 0 N–H and O–H groups in total. The molecule has 0 saturated carbocycles. The summed E-state index contributed by atoms with van der Waals surface area (Å²) in [7, 11) is 4.38. The largest absolute Gasteiger partial charge is 0.306 e. The fourth-order valence-corrected chi connectivity index (χ4v) is 3.92. The van der Waals surface area contributed by atoms with Crippen molar-refractivity contribution in [2.45, 2.75) is 24.8 Å². The van der Waals surface area contributed by atoms with E-state index in [1.165, 1.54) is 0 Å². The summed E-state index contributed by atoms with van der Waals surface area (Å²) in [5.41, 5.74) is 1.02. The van der Waals surface area contributed by atoms with Crippen LogP contribution in [0, 0.1) is 5.82 Å². The predicted molar refractivity (Wildman–Crippen MR) is 88.6 cm³/mol. The van der Waals surface area contributed by atoms with Crippen molar-refractivity contribution in [3.8, 4) is 0 Å². The van der Waals surface area contributed by atoms with Crippen molar-refractivity contribution >= 4 is 0 Å². The summed E-state index contributed by atoms with van der Waals surface area (Å²) < 4.78 is 14.2. The molecule has 2 fully saturated rings. The zero-order chi connectivity index (χ0) is 15.6. The maximum Gasteiger partial charge on any atom is 0.126 e. The molecule has 0 aliphatic carbocycles. The number of hydrogen-bond acceptors (Lipinski definition) is 3. The lowest BCUT2D eigenvalue weighted by molar-refractivity contribution is -0.00217. The van der Waals surface area contributed by atoms with Gasteiger partial charge in [0.05, 0.1) is 0 Å². The van der Waals surface area contributed by atoms with Crippen LogP contribution in [0.1, 0.15) is 18.4 Å². The predicted octanol–water partition coefficient (Wildman–Crippen LogP) is 2.08. The van der Waals surface area contributed by atoms with Crippen molar-refractivity contribution < 1.29 is 4.39 Å². The lowest BCUT2D eigenvalue weighted by Crippen LogP contribution is -2.61. The summed E-state index contributed by atoms with van der Waals surface area (Å²) in [5.74, 6) is -0.0464. The molecule has 1 aromatic carbocycles. The molecule has 3 rings (SSSR count). The minimum atomic E-state index is -0.0464. The molecule has 0 atom stereocenters. The van der Waals surface area contributed by atoms with Gasteiger partial charge in [0.2, 0.25) is 0 Å². The third-order valence-corrected chi connectivity index (χ3v) is 5.57. The van der Waals surface area contributed by atoms with Crippen LogP contribution in [0.2, 0.25) is 0 Å². The number of piperidine rings is 1. The maximum absolute atomic E-state index is 14.2. The number of halogens is 1. The van der Waals surface area contributed by atoms with E-state index >= 15 is 0 Å². The number of likely N-dealkylation sites (N-methyl/N-ethyl adjacent to an activating group) is 1. The van der Waals surface area contributed by atoms with Crippen LogP contribution in [0.15, 0.2) is 24.3 Å². The Bertz CT molecular complexity index is 489. The summed E-state index contributed by atoms with van der Waals surface area (Å²) in [5, 5.41) is 0. The van der Waals surface area contributed by atoms with E-state index < -0.39 is 0 Å². The fourth-order valence-electron chi connectivity index (χ4n) is 3.92. The number of likely N-dealkylation sites (tertiary alicyclic amines) is 1. The number of benzene rings is 1. The zero-order valence-electron chi connectivity index (χ0n) is 13.9. The second-order valence-electron chi connectivity index (χ2n) is 7.09. The molecule has 4 heteroatoms. The van der Waals surface area contributed by atoms with Gasteiger partial charge >= 0.3 is 0 Å². The van der Waals surface area contributed by atoms with Gasteiger partial charge in [-0.1, -0.05) is 18.2 Å². The molecule has 122 valence electrons. The highest BCUT2D eigenvalue weighted by Crippen LogP contribution is 2.33. The number of piperazine rings is 1. The molecule has 3 nitrogen and oxygen atoms in total. The fraction of sp³-hybridized carbons (Fsp3) is 0.667.